The van der Waals surface area contributed by atoms with Gasteiger partial charge in [0.05, 0.1) is 18.2 Å². The Kier molecular flexibility index (Phi) is 10.5. The maximum atomic E-state index is 14.6. The van der Waals surface area contributed by atoms with Crippen molar-refractivity contribution in [3.05, 3.63) is 125 Å². The highest BCUT2D eigenvalue weighted by atomic mass is 16.6. The van der Waals surface area contributed by atoms with Gasteiger partial charge in [0.25, 0.3) is 0 Å². The van der Waals surface area contributed by atoms with Gasteiger partial charge in [0.1, 0.15) is 5.75 Å². The molecule has 4 bridgehead atoms. The van der Waals surface area contributed by atoms with Crippen molar-refractivity contribution in [2.45, 2.75) is 110 Å². The number of hydrogen-bond acceptors (Lipinski definition) is 5. The highest BCUT2D eigenvalue weighted by molar-refractivity contribution is 6.10. The minimum Gasteiger partial charge on any atom is -0.410 e. The molecule has 10 rings (SSSR count). The molecular formula is C50H59NO5. The number of amides is 1. The summed E-state index contributed by atoms with van der Waals surface area (Å²) in [7, 11) is 0. The minimum absolute atomic E-state index is 0.0446. The van der Waals surface area contributed by atoms with Gasteiger partial charge in [-0.05, 0) is 140 Å². The van der Waals surface area contributed by atoms with Crippen LogP contribution in [-0.2, 0) is 6.42 Å². The third-order valence-electron chi connectivity index (χ3n) is 15.0. The van der Waals surface area contributed by atoms with Gasteiger partial charge in [0.2, 0.25) is 0 Å². The predicted molar refractivity (Wildman–Crippen MR) is 223 cm³/mol. The summed E-state index contributed by atoms with van der Waals surface area (Å²) in [5, 5.41) is 26.4. The SMILES string of the molecule is CC1=CCC[C@@]2(C)[C@@H](CC[C@@]2(O)CN(C[C@@H]2CC[C@H]3C[C@@H]2C3(C)C)C(=O)Oc2ccc3ccccc3c2)c2ccc(cc2C(=O)c2ccccc2)C[C@@H](O)CC1. The molecule has 0 heterocycles. The summed E-state index contributed by atoms with van der Waals surface area (Å²) >= 11 is 0. The Balaban J connectivity index is 1.17. The number of allylic oxidation sites excluding steroid dienone is 2. The number of ether oxygens (including phenoxy) is 1. The van der Waals surface area contributed by atoms with Gasteiger partial charge in [-0.25, -0.2) is 4.79 Å². The first-order valence-corrected chi connectivity index (χ1v) is 21.1. The van der Waals surface area contributed by atoms with E-state index in [1.165, 1.54) is 18.4 Å². The molecule has 2 N–H and O–H groups in total. The monoisotopic (exact) mass is 753 g/mol. The van der Waals surface area contributed by atoms with Crippen molar-refractivity contribution in [1.29, 1.82) is 0 Å². The van der Waals surface area contributed by atoms with Crippen LogP contribution in [0.25, 0.3) is 10.8 Å². The van der Waals surface area contributed by atoms with Gasteiger partial charge in [0, 0.05) is 23.1 Å². The first-order valence-electron chi connectivity index (χ1n) is 21.1. The van der Waals surface area contributed by atoms with Crippen LogP contribution in [0.2, 0.25) is 0 Å². The van der Waals surface area contributed by atoms with E-state index in [4.69, 9.17) is 4.74 Å². The van der Waals surface area contributed by atoms with Crippen LogP contribution >= 0.6 is 0 Å². The molecule has 0 aliphatic heterocycles. The Hall–Kier alpha value is -4.26. The highest BCUT2D eigenvalue weighted by Gasteiger charge is 2.59. The molecule has 0 radical (unpaired) electrons. The van der Waals surface area contributed by atoms with Crippen molar-refractivity contribution in [1.82, 2.24) is 4.90 Å². The molecule has 0 unspecified atom stereocenters. The summed E-state index contributed by atoms with van der Waals surface area (Å²) in [6.07, 6.45) is 9.30. The number of ketones is 1. The normalized spacial score (nSPS) is 29.8. The highest BCUT2D eigenvalue weighted by Crippen LogP contribution is 2.62. The Labute approximate surface area is 333 Å². The first-order chi connectivity index (χ1) is 26.8. The Morgan fingerprint density at radius 3 is 2.39 bits per heavy atom. The topological polar surface area (TPSA) is 87.1 Å². The summed E-state index contributed by atoms with van der Waals surface area (Å²) in [6.45, 7) is 9.80. The zero-order chi connectivity index (χ0) is 39.2. The van der Waals surface area contributed by atoms with Gasteiger partial charge in [-0.3, -0.25) is 4.79 Å². The number of aliphatic hydroxyl groups is 2. The molecule has 6 heteroatoms. The predicted octanol–water partition coefficient (Wildman–Crippen LogP) is 10.7. The maximum Gasteiger partial charge on any atom is 0.415 e. The zero-order valence-electron chi connectivity index (χ0n) is 33.7. The third-order valence-corrected chi connectivity index (χ3v) is 15.0. The molecule has 7 atom stereocenters. The molecule has 0 spiro atoms. The largest absolute Gasteiger partial charge is 0.415 e. The number of carbonyl (C=O) groups is 2. The van der Waals surface area contributed by atoms with Crippen molar-refractivity contribution >= 4 is 22.6 Å². The van der Waals surface area contributed by atoms with Crippen LogP contribution in [0.15, 0.2) is 103 Å². The molecule has 0 saturated heterocycles. The molecule has 6 nitrogen and oxygen atoms in total. The van der Waals surface area contributed by atoms with E-state index in [0.29, 0.717) is 67.4 Å². The lowest BCUT2D eigenvalue weighted by Crippen LogP contribution is -2.58. The fourth-order valence-corrected chi connectivity index (χ4v) is 11.3. The summed E-state index contributed by atoms with van der Waals surface area (Å²) in [5.74, 6) is 1.93. The number of aliphatic hydroxyl groups excluding tert-OH is 1. The molecule has 4 saturated carbocycles. The van der Waals surface area contributed by atoms with E-state index >= 15 is 0 Å². The minimum atomic E-state index is -1.24. The van der Waals surface area contributed by atoms with E-state index in [1.807, 2.05) is 77.7 Å². The van der Waals surface area contributed by atoms with Crippen LogP contribution < -0.4 is 4.74 Å². The average Bonchev–Trinajstić information content (AvgIpc) is 3.45. The lowest BCUT2D eigenvalue weighted by atomic mass is 9.45. The van der Waals surface area contributed by atoms with Crippen molar-refractivity contribution in [2.24, 2.45) is 28.6 Å². The number of fused-ring (bicyclic) bond motifs is 11. The summed E-state index contributed by atoms with van der Waals surface area (Å²) < 4.78 is 6.23. The summed E-state index contributed by atoms with van der Waals surface area (Å²) in [5.41, 5.74) is 2.70. The molecule has 4 aromatic carbocycles. The fourth-order valence-electron chi connectivity index (χ4n) is 11.3. The van der Waals surface area contributed by atoms with Crippen LogP contribution in [0, 0.1) is 28.6 Å². The van der Waals surface area contributed by atoms with Crippen LogP contribution in [0.4, 0.5) is 4.79 Å². The van der Waals surface area contributed by atoms with E-state index in [-0.39, 0.29) is 23.7 Å². The van der Waals surface area contributed by atoms with Gasteiger partial charge in [0.15, 0.2) is 5.78 Å². The fraction of sp³-hybridized carbons (Fsp3) is 0.480. The lowest BCUT2D eigenvalue weighted by Gasteiger charge is -2.60. The van der Waals surface area contributed by atoms with Gasteiger partial charge in [-0.2, -0.15) is 0 Å². The van der Waals surface area contributed by atoms with Gasteiger partial charge in [-0.1, -0.05) is 105 Å². The number of benzene rings is 4. The molecule has 4 aromatic rings. The number of hydrogen-bond donors (Lipinski definition) is 2. The summed E-state index contributed by atoms with van der Waals surface area (Å²) in [6, 6.07) is 29.4. The van der Waals surface area contributed by atoms with Gasteiger partial charge >= 0.3 is 6.09 Å². The van der Waals surface area contributed by atoms with E-state index < -0.39 is 23.2 Å². The average molecular weight is 754 g/mol. The standard InChI is InChI=1S/C50H59NO5/c1-33-11-10-25-49(4)44(42-23-17-34(27-40(52)21-16-33)28-43(42)46(53)36-13-6-5-7-14-36)24-26-50(49,55)32-51(31-38-18-20-39-30-45(38)48(39,2)3)47(54)56-41-22-19-35-12-8-9-15-37(35)29-41/h5-9,11-15,17,19,22-23,28-29,38-40,44-45,52,55H,10,16,18,20-21,24-27,30-32H2,1-4H3/t38-,39-,40-,44-,45-,49-,50+/m0/s1. The quantitative estimate of drug-likeness (QED) is 0.145. The van der Waals surface area contributed by atoms with Crippen LogP contribution in [0.5, 0.6) is 5.75 Å². The Morgan fingerprint density at radius 1 is 0.857 bits per heavy atom. The number of rotatable bonds is 7. The van der Waals surface area contributed by atoms with Gasteiger partial charge < -0.3 is 19.8 Å². The van der Waals surface area contributed by atoms with Crippen molar-refractivity contribution in [3.63, 3.8) is 0 Å². The number of nitrogens with zero attached hydrogens (tertiary/aromatic N) is 1. The van der Waals surface area contributed by atoms with Gasteiger partial charge in [-0.15, -0.1) is 0 Å². The van der Waals surface area contributed by atoms with Crippen LogP contribution in [0.1, 0.15) is 118 Å². The molecular weight excluding hydrogens is 695 g/mol. The number of carbonyl (C=O) groups excluding carboxylic acids is 2. The second-order valence-corrected chi connectivity index (χ2v) is 18.6. The van der Waals surface area contributed by atoms with E-state index in [2.05, 4.69) is 52.0 Å². The lowest BCUT2D eigenvalue weighted by molar-refractivity contribution is -0.119. The maximum absolute atomic E-state index is 14.6. The first kappa shape index (κ1) is 38.6. The Bertz CT molecular complexity index is 2120. The van der Waals surface area contributed by atoms with Crippen molar-refractivity contribution < 1.29 is 24.5 Å². The van der Waals surface area contributed by atoms with Crippen molar-refractivity contribution in [3.8, 4) is 5.75 Å². The molecule has 0 aromatic heterocycles. The van der Waals surface area contributed by atoms with E-state index in [0.717, 1.165) is 47.1 Å². The molecule has 294 valence electrons. The molecule has 4 fully saturated rings. The van der Waals surface area contributed by atoms with Crippen LogP contribution in [0.3, 0.4) is 0 Å². The third kappa shape index (κ3) is 7.24. The second kappa shape index (κ2) is 15.2. The van der Waals surface area contributed by atoms with Crippen molar-refractivity contribution in [2.75, 3.05) is 13.1 Å². The Morgan fingerprint density at radius 2 is 1.62 bits per heavy atom. The van der Waals surface area contributed by atoms with E-state index in [9.17, 15) is 19.8 Å². The molecule has 6 aliphatic rings. The molecule has 1 amide bonds. The summed E-state index contributed by atoms with van der Waals surface area (Å²) in [4.78, 5) is 30.8. The van der Waals surface area contributed by atoms with E-state index in [1.54, 1.807) is 0 Å². The van der Waals surface area contributed by atoms with Crippen LogP contribution in [-0.4, -0.2) is 51.8 Å². The molecule has 56 heavy (non-hydrogen) atoms. The second-order valence-electron chi connectivity index (χ2n) is 18.6. The zero-order valence-corrected chi connectivity index (χ0v) is 33.7. The molecule has 6 aliphatic carbocycles. The smallest absolute Gasteiger partial charge is 0.410 e.